The Kier molecular flexibility index (Phi) is 6.06. The normalized spacial score (nSPS) is 15.9. The summed E-state index contributed by atoms with van der Waals surface area (Å²) in [6, 6.07) is 13.9. The Hall–Kier alpha value is -3.85. The number of benzene rings is 2. The molecule has 0 unspecified atom stereocenters. The van der Waals surface area contributed by atoms with Gasteiger partial charge in [-0.05, 0) is 62.8 Å². The maximum absolute atomic E-state index is 13.5. The zero-order valence-electron chi connectivity index (χ0n) is 18.7. The van der Waals surface area contributed by atoms with Gasteiger partial charge in [-0.1, -0.05) is 28.9 Å². The molecule has 8 nitrogen and oxygen atoms in total. The molecule has 0 fully saturated rings. The molecule has 170 valence electrons. The van der Waals surface area contributed by atoms with Gasteiger partial charge in [0.2, 0.25) is 0 Å². The first-order chi connectivity index (χ1) is 15.8. The van der Waals surface area contributed by atoms with Gasteiger partial charge in [0, 0.05) is 17.5 Å². The number of hydrogen-bond acceptors (Lipinski definition) is 6. The van der Waals surface area contributed by atoms with E-state index in [1.165, 1.54) is 7.11 Å². The Morgan fingerprint density at radius 1 is 1.18 bits per heavy atom. The maximum atomic E-state index is 13.5. The van der Waals surface area contributed by atoms with Crippen molar-refractivity contribution in [3.8, 4) is 11.5 Å². The Morgan fingerprint density at radius 2 is 1.91 bits per heavy atom. The summed E-state index contributed by atoms with van der Waals surface area (Å²) in [5.41, 5.74) is 3.67. The number of aromatic nitrogens is 1. The molecular formula is C24H24N4O4S. The number of aromatic hydroxyl groups is 1. The number of methoxy groups -OCH3 is 1. The number of allylic oxidation sites excluding steroid dienone is 1. The lowest BCUT2D eigenvalue weighted by atomic mass is 9.93. The Balaban J connectivity index is 1.81. The Morgan fingerprint density at radius 3 is 2.52 bits per heavy atom. The fourth-order valence-corrected chi connectivity index (χ4v) is 4.15. The van der Waals surface area contributed by atoms with Crippen molar-refractivity contribution in [2.45, 2.75) is 26.8 Å². The molecule has 0 spiro atoms. The second-order valence-electron chi connectivity index (χ2n) is 7.76. The fraction of sp³-hybridized carbons (Fsp3) is 0.208. The topological polar surface area (TPSA) is 99.9 Å². The molecule has 1 amide bonds. The molecule has 2 aromatic carbocycles. The molecule has 1 atom stereocenters. The monoisotopic (exact) mass is 464 g/mol. The highest BCUT2D eigenvalue weighted by Gasteiger charge is 2.35. The number of thiocarbonyl (C=S) groups is 1. The molecule has 0 radical (unpaired) electrons. The number of nitrogens with one attached hydrogen (secondary N) is 2. The van der Waals surface area contributed by atoms with E-state index in [4.69, 9.17) is 21.5 Å². The summed E-state index contributed by atoms with van der Waals surface area (Å²) in [6.45, 7) is 5.59. The van der Waals surface area contributed by atoms with Crippen LogP contribution in [0.25, 0.3) is 0 Å². The number of carbonyl (C=O) groups is 1. The van der Waals surface area contributed by atoms with E-state index in [1.54, 1.807) is 31.2 Å². The second kappa shape index (κ2) is 8.95. The minimum Gasteiger partial charge on any atom is -0.504 e. The molecular weight excluding hydrogens is 440 g/mol. The lowest BCUT2D eigenvalue weighted by Crippen LogP contribution is -2.48. The number of phenols is 1. The van der Waals surface area contributed by atoms with E-state index in [-0.39, 0.29) is 11.7 Å². The molecule has 1 aliphatic rings. The number of ether oxygens (including phenoxy) is 1. The van der Waals surface area contributed by atoms with Crippen LogP contribution in [0.3, 0.4) is 0 Å². The number of anilines is 2. The van der Waals surface area contributed by atoms with E-state index in [9.17, 15) is 9.90 Å². The molecule has 3 aromatic rings. The van der Waals surface area contributed by atoms with E-state index in [2.05, 4.69) is 15.8 Å². The summed E-state index contributed by atoms with van der Waals surface area (Å²) in [5, 5.41) is 20.7. The van der Waals surface area contributed by atoms with Crippen molar-refractivity contribution < 1.29 is 19.2 Å². The molecule has 0 saturated carbocycles. The highest BCUT2D eigenvalue weighted by Crippen LogP contribution is 2.37. The number of amides is 1. The van der Waals surface area contributed by atoms with Gasteiger partial charge in [-0.25, -0.2) is 0 Å². The molecule has 4 rings (SSSR count). The van der Waals surface area contributed by atoms with Crippen molar-refractivity contribution in [2.24, 2.45) is 0 Å². The van der Waals surface area contributed by atoms with Gasteiger partial charge in [-0.2, -0.15) is 0 Å². The summed E-state index contributed by atoms with van der Waals surface area (Å²) in [5.74, 6) is 0.825. The highest BCUT2D eigenvalue weighted by molar-refractivity contribution is 7.80. The average molecular weight is 465 g/mol. The summed E-state index contributed by atoms with van der Waals surface area (Å²) >= 11 is 5.68. The maximum Gasteiger partial charge on any atom is 0.257 e. The Bertz CT molecular complexity index is 1250. The predicted octanol–water partition coefficient (Wildman–Crippen LogP) is 4.35. The molecule has 9 heteroatoms. The van der Waals surface area contributed by atoms with Crippen molar-refractivity contribution >= 4 is 34.7 Å². The van der Waals surface area contributed by atoms with Crippen LogP contribution < -0.4 is 20.3 Å². The van der Waals surface area contributed by atoms with E-state index in [1.807, 2.05) is 43.0 Å². The van der Waals surface area contributed by atoms with Gasteiger partial charge >= 0.3 is 0 Å². The molecule has 2 heterocycles. The molecule has 0 bridgehead atoms. The summed E-state index contributed by atoms with van der Waals surface area (Å²) < 4.78 is 10.2. The van der Waals surface area contributed by atoms with Gasteiger partial charge in [0.15, 0.2) is 22.4 Å². The fourth-order valence-electron chi connectivity index (χ4n) is 3.79. The summed E-state index contributed by atoms with van der Waals surface area (Å²) in [6.07, 6.45) is 0. The van der Waals surface area contributed by atoms with Gasteiger partial charge < -0.3 is 25.0 Å². The highest BCUT2D eigenvalue weighted by atomic mass is 32.1. The van der Waals surface area contributed by atoms with Crippen LogP contribution >= 0.6 is 12.2 Å². The van der Waals surface area contributed by atoms with Crippen LogP contribution in [-0.2, 0) is 4.79 Å². The number of phenolic OH excluding ortho intramolecular Hbond substituents is 1. The van der Waals surface area contributed by atoms with Gasteiger partial charge in [0.05, 0.1) is 18.7 Å². The van der Waals surface area contributed by atoms with Crippen molar-refractivity contribution in [1.29, 1.82) is 0 Å². The summed E-state index contributed by atoms with van der Waals surface area (Å²) in [4.78, 5) is 15.3. The first-order valence-electron chi connectivity index (χ1n) is 10.3. The number of aryl methyl sites for hydroxylation is 2. The molecule has 0 aliphatic carbocycles. The van der Waals surface area contributed by atoms with Crippen LogP contribution in [0.4, 0.5) is 11.5 Å². The lowest BCUT2D eigenvalue weighted by molar-refractivity contribution is -0.113. The van der Waals surface area contributed by atoms with Gasteiger partial charge in [-0.3, -0.25) is 9.69 Å². The van der Waals surface area contributed by atoms with Gasteiger partial charge in [0.25, 0.3) is 5.91 Å². The largest absolute Gasteiger partial charge is 0.504 e. The minimum absolute atomic E-state index is 0.0341. The van der Waals surface area contributed by atoms with Gasteiger partial charge in [-0.15, -0.1) is 0 Å². The third-order valence-electron chi connectivity index (χ3n) is 5.43. The smallest absolute Gasteiger partial charge is 0.257 e. The third kappa shape index (κ3) is 4.40. The van der Waals surface area contributed by atoms with Crippen LogP contribution in [0, 0.1) is 13.8 Å². The van der Waals surface area contributed by atoms with E-state index in [0.29, 0.717) is 39.3 Å². The standard InChI is InChI=1S/C24H24N4O4S/c1-13-5-8-17(9-6-13)28-15(3)21(23(30)25-20-11-14(2)32-27-20)22(26-24(28)33)16-7-10-19(31-4)18(29)12-16/h5-12,22,29H,1-4H3,(H,26,33)(H,25,27,30)/t22-/m0/s1. The Labute approximate surface area is 196 Å². The van der Waals surface area contributed by atoms with Gasteiger partial charge in [0.1, 0.15) is 5.76 Å². The quantitative estimate of drug-likeness (QED) is 0.479. The molecule has 3 N–H and O–H groups in total. The van der Waals surface area contributed by atoms with Crippen molar-refractivity contribution in [3.05, 3.63) is 76.7 Å². The predicted molar refractivity (Wildman–Crippen MR) is 129 cm³/mol. The molecule has 33 heavy (non-hydrogen) atoms. The minimum atomic E-state index is -0.607. The number of carbonyl (C=O) groups excluding carboxylic acids is 1. The van der Waals surface area contributed by atoms with E-state index in [0.717, 1.165) is 11.3 Å². The summed E-state index contributed by atoms with van der Waals surface area (Å²) in [7, 11) is 1.48. The second-order valence-corrected chi connectivity index (χ2v) is 8.15. The molecule has 1 aromatic heterocycles. The van der Waals surface area contributed by atoms with Crippen LogP contribution in [-0.4, -0.2) is 28.4 Å². The number of hydrogen-bond donors (Lipinski definition) is 3. The van der Waals surface area contributed by atoms with Crippen molar-refractivity contribution in [1.82, 2.24) is 10.5 Å². The van der Waals surface area contributed by atoms with Crippen LogP contribution in [0.2, 0.25) is 0 Å². The van der Waals surface area contributed by atoms with Crippen LogP contribution in [0.15, 0.2) is 64.3 Å². The molecule has 1 aliphatic heterocycles. The van der Waals surface area contributed by atoms with Crippen LogP contribution in [0.1, 0.15) is 29.9 Å². The molecule has 0 saturated heterocycles. The average Bonchev–Trinajstić information content (AvgIpc) is 3.18. The number of rotatable bonds is 5. The zero-order chi connectivity index (χ0) is 23.7. The first-order valence-corrected chi connectivity index (χ1v) is 10.7. The van der Waals surface area contributed by atoms with E-state index < -0.39 is 6.04 Å². The van der Waals surface area contributed by atoms with E-state index >= 15 is 0 Å². The third-order valence-corrected chi connectivity index (χ3v) is 5.73. The van der Waals surface area contributed by atoms with Crippen molar-refractivity contribution in [3.63, 3.8) is 0 Å². The first kappa shape index (κ1) is 22.3. The zero-order valence-corrected chi connectivity index (χ0v) is 19.5. The van der Waals surface area contributed by atoms with Crippen LogP contribution in [0.5, 0.6) is 11.5 Å². The SMILES string of the molecule is COc1ccc([C@@H]2NC(=S)N(c3ccc(C)cc3)C(C)=C2C(=O)Nc2cc(C)on2)cc1O. The lowest BCUT2D eigenvalue weighted by Gasteiger charge is -2.38. The number of nitrogens with zero attached hydrogens (tertiary/aromatic N) is 2. The van der Waals surface area contributed by atoms with Crippen molar-refractivity contribution in [2.75, 3.05) is 17.3 Å².